The quantitative estimate of drug-likeness (QED) is 0.498. The summed E-state index contributed by atoms with van der Waals surface area (Å²) in [7, 11) is -3.80. The van der Waals surface area contributed by atoms with Crippen LogP contribution in [0.5, 0.6) is 0 Å². The van der Waals surface area contributed by atoms with Gasteiger partial charge in [0.1, 0.15) is 11.5 Å². The zero-order chi connectivity index (χ0) is 23.4. The van der Waals surface area contributed by atoms with Gasteiger partial charge in [-0.3, -0.25) is 4.79 Å². The van der Waals surface area contributed by atoms with Gasteiger partial charge in [0.25, 0.3) is 5.91 Å². The Morgan fingerprint density at radius 3 is 2.39 bits per heavy atom. The van der Waals surface area contributed by atoms with E-state index < -0.39 is 15.9 Å². The average molecular weight is 466 g/mol. The standard InChI is InChI=1S/C24H27N5O3S/c1-2-14-29(16-17-8-9-17)22-15-21(27-23(28-22)18-6-4-3-5-7-18)24(30)26-19-10-12-20(13-11-19)33(25,31)32/h3-7,10-13,15,17H,2,8-9,14,16H2,1H3,(H,26,30)(H2,25,31,32). The molecule has 0 atom stereocenters. The van der Waals surface area contributed by atoms with Crippen LogP contribution in [0.1, 0.15) is 36.7 Å². The van der Waals surface area contributed by atoms with E-state index in [-0.39, 0.29) is 10.6 Å². The lowest BCUT2D eigenvalue weighted by Crippen LogP contribution is -2.28. The first kappa shape index (κ1) is 22.9. The van der Waals surface area contributed by atoms with Crippen molar-refractivity contribution in [3.05, 3.63) is 66.4 Å². The minimum Gasteiger partial charge on any atom is -0.356 e. The van der Waals surface area contributed by atoms with Crippen LogP contribution in [0.4, 0.5) is 11.5 Å². The number of nitrogens with zero attached hydrogens (tertiary/aromatic N) is 3. The van der Waals surface area contributed by atoms with E-state index in [0.717, 1.165) is 30.9 Å². The summed E-state index contributed by atoms with van der Waals surface area (Å²) in [5.41, 5.74) is 1.51. The van der Waals surface area contributed by atoms with Crippen LogP contribution in [-0.2, 0) is 10.0 Å². The van der Waals surface area contributed by atoms with Crippen LogP contribution in [0.2, 0.25) is 0 Å². The van der Waals surface area contributed by atoms with Crippen LogP contribution in [0.15, 0.2) is 65.6 Å². The van der Waals surface area contributed by atoms with E-state index in [9.17, 15) is 13.2 Å². The average Bonchev–Trinajstić information content (AvgIpc) is 3.63. The predicted octanol–water partition coefficient (Wildman–Crippen LogP) is 3.67. The Morgan fingerprint density at radius 2 is 1.79 bits per heavy atom. The van der Waals surface area contributed by atoms with Crippen molar-refractivity contribution >= 4 is 27.4 Å². The molecular weight excluding hydrogens is 438 g/mol. The minimum atomic E-state index is -3.80. The highest BCUT2D eigenvalue weighted by atomic mass is 32.2. The van der Waals surface area contributed by atoms with Gasteiger partial charge in [-0.1, -0.05) is 37.3 Å². The first-order valence-electron chi connectivity index (χ1n) is 11.0. The first-order valence-corrected chi connectivity index (χ1v) is 12.5. The van der Waals surface area contributed by atoms with Crippen LogP contribution in [0.25, 0.3) is 11.4 Å². The van der Waals surface area contributed by atoms with Crippen LogP contribution in [0, 0.1) is 5.92 Å². The van der Waals surface area contributed by atoms with Crippen molar-refractivity contribution in [1.29, 1.82) is 0 Å². The summed E-state index contributed by atoms with van der Waals surface area (Å²) in [5.74, 6) is 1.48. The number of nitrogens with two attached hydrogens (primary N) is 1. The molecule has 0 spiro atoms. The van der Waals surface area contributed by atoms with Crippen molar-refractivity contribution in [2.45, 2.75) is 31.1 Å². The zero-order valence-electron chi connectivity index (χ0n) is 18.4. The maximum absolute atomic E-state index is 13.1. The molecule has 1 aromatic heterocycles. The fourth-order valence-electron chi connectivity index (χ4n) is 3.53. The second-order valence-corrected chi connectivity index (χ2v) is 9.78. The third-order valence-electron chi connectivity index (χ3n) is 5.41. The van der Waals surface area contributed by atoms with E-state index in [4.69, 9.17) is 10.1 Å². The Kier molecular flexibility index (Phi) is 6.71. The van der Waals surface area contributed by atoms with E-state index in [1.54, 1.807) is 6.07 Å². The number of rotatable bonds is 9. The molecule has 1 amide bonds. The van der Waals surface area contributed by atoms with Crippen molar-refractivity contribution in [1.82, 2.24) is 9.97 Å². The number of anilines is 2. The molecule has 4 rings (SSSR count). The maximum atomic E-state index is 13.1. The third kappa shape index (κ3) is 5.94. The summed E-state index contributed by atoms with van der Waals surface area (Å²) in [6.07, 6.45) is 3.41. The largest absolute Gasteiger partial charge is 0.356 e. The molecule has 3 aromatic rings. The topological polar surface area (TPSA) is 118 Å². The molecule has 2 aromatic carbocycles. The lowest BCUT2D eigenvalue weighted by atomic mass is 10.2. The van der Waals surface area contributed by atoms with Crippen molar-refractivity contribution in [2.24, 2.45) is 11.1 Å². The number of sulfonamides is 1. The number of amides is 1. The molecule has 0 saturated heterocycles. The molecular formula is C24H27N5O3S. The predicted molar refractivity (Wildman–Crippen MR) is 128 cm³/mol. The molecule has 1 aliphatic carbocycles. The normalized spacial score (nSPS) is 13.5. The Morgan fingerprint density at radius 1 is 1.09 bits per heavy atom. The SMILES string of the molecule is CCCN(CC1CC1)c1cc(C(=O)Nc2ccc(S(N)(=O)=O)cc2)nc(-c2ccccc2)n1. The van der Waals surface area contributed by atoms with Gasteiger partial charge in [-0.25, -0.2) is 23.5 Å². The summed E-state index contributed by atoms with van der Waals surface area (Å²) in [4.78, 5) is 24.6. The molecule has 0 aliphatic heterocycles. The fourth-order valence-corrected chi connectivity index (χ4v) is 4.05. The van der Waals surface area contributed by atoms with Gasteiger partial charge in [0, 0.05) is 30.4 Å². The molecule has 1 aliphatic rings. The maximum Gasteiger partial charge on any atom is 0.274 e. The third-order valence-corrected chi connectivity index (χ3v) is 6.34. The highest BCUT2D eigenvalue weighted by Gasteiger charge is 2.26. The Labute approximate surface area is 193 Å². The first-order chi connectivity index (χ1) is 15.8. The van der Waals surface area contributed by atoms with Crippen LogP contribution in [0.3, 0.4) is 0 Å². The molecule has 9 heteroatoms. The summed E-state index contributed by atoms with van der Waals surface area (Å²) in [6, 6.07) is 17.0. The van der Waals surface area contributed by atoms with E-state index in [0.29, 0.717) is 17.4 Å². The number of hydrogen-bond donors (Lipinski definition) is 2. The number of carbonyl (C=O) groups excluding carboxylic acids is 1. The Balaban J connectivity index is 1.66. The van der Waals surface area contributed by atoms with Crippen molar-refractivity contribution in [3.8, 4) is 11.4 Å². The van der Waals surface area contributed by atoms with Crippen LogP contribution < -0.4 is 15.4 Å². The molecule has 8 nitrogen and oxygen atoms in total. The number of hydrogen-bond acceptors (Lipinski definition) is 6. The van der Waals surface area contributed by atoms with Crippen molar-refractivity contribution < 1.29 is 13.2 Å². The molecule has 1 heterocycles. The summed E-state index contributed by atoms with van der Waals surface area (Å²) < 4.78 is 22.9. The Hall–Kier alpha value is -3.30. The molecule has 0 bridgehead atoms. The second-order valence-electron chi connectivity index (χ2n) is 8.21. The summed E-state index contributed by atoms with van der Waals surface area (Å²) >= 11 is 0. The molecule has 33 heavy (non-hydrogen) atoms. The fraction of sp³-hybridized carbons (Fsp3) is 0.292. The van der Waals surface area contributed by atoms with Gasteiger partial charge in [-0.15, -0.1) is 0 Å². The van der Waals surface area contributed by atoms with Crippen molar-refractivity contribution in [2.75, 3.05) is 23.3 Å². The van der Waals surface area contributed by atoms with Gasteiger partial charge in [-0.2, -0.15) is 0 Å². The van der Waals surface area contributed by atoms with Crippen molar-refractivity contribution in [3.63, 3.8) is 0 Å². The number of carbonyl (C=O) groups is 1. The van der Waals surface area contributed by atoms with E-state index in [1.807, 2.05) is 30.3 Å². The zero-order valence-corrected chi connectivity index (χ0v) is 19.3. The highest BCUT2D eigenvalue weighted by Crippen LogP contribution is 2.32. The van der Waals surface area contributed by atoms with Crippen LogP contribution in [-0.4, -0.2) is 37.4 Å². The molecule has 0 radical (unpaired) electrons. The van der Waals surface area contributed by atoms with Crippen LogP contribution >= 0.6 is 0 Å². The van der Waals surface area contributed by atoms with E-state index in [2.05, 4.69) is 22.1 Å². The monoisotopic (exact) mass is 465 g/mol. The lowest BCUT2D eigenvalue weighted by molar-refractivity contribution is 0.102. The summed E-state index contributed by atoms with van der Waals surface area (Å²) in [5, 5.41) is 7.93. The second kappa shape index (κ2) is 9.68. The molecule has 1 saturated carbocycles. The van der Waals surface area contributed by atoms with Gasteiger partial charge < -0.3 is 10.2 Å². The smallest absolute Gasteiger partial charge is 0.274 e. The molecule has 3 N–H and O–H groups in total. The van der Waals surface area contributed by atoms with Gasteiger partial charge in [0.05, 0.1) is 4.90 Å². The molecule has 0 unspecified atom stereocenters. The Bertz CT molecular complexity index is 1230. The minimum absolute atomic E-state index is 0.0218. The van der Waals surface area contributed by atoms with E-state index in [1.165, 1.54) is 37.1 Å². The van der Waals surface area contributed by atoms with Gasteiger partial charge >= 0.3 is 0 Å². The number of primary sulfonamides is 1. The summed E-state index contributed by atoms with van der Waals surface area (Å²) in [6.45, 7) is 3.88. The van der Waals surface area contributed by atoms with E-state index >= 15 is 0 Å². The van der Waals surface area contributed by atoms with Gasteiger partial charge in [0.15, 0.2) is 5.82 Å². The van der Waals surface area contributed by atoms with Gasteiger partial charge in [0.2, 0.25) is 10.0 Å². The lowest BCUT2D eigenvalue weighted by Gasteiger charge is -2.24. The number of nitrogens with one attached hydrogen (secondary N) is 1. The number of benzene rings is 2. The molecule has 172 valence electrons. The molecule has 1 fully saturated rings. The highest BCUT2D eigenvalue weighted by molar-refractivity contribution is 7.89. The number of aromatic nitrogens is 2. The van der Waals surface area contributed by atoms with Gasteiger partial charge in [-0.05, 0) is 49.4 Å².